The topological polar surface area (TPSA) is 29.5 Å². The molecule has 0 aromatic heterocycles. The summed E-state index contributed by atoms with van der Waals surface area (Å²) in [5.41, 5.74) is 3.70. The molecule has 0 saturated carbocycles. The largest absolute Gasteiger partial charge is 0.375 e. The Bertz CT molecular complexity index is 829. The Morgan fingerprint density at radius 3 is 2.04 bits per heavy atom. The first kappa shape index (κ1) is 18.9. The molecule has 3 aromatic rings. The minimum absolute atomic E-state index is 0.0458. The third-order valence-corrected chi connectivity index (χ3v) is 4.53. The number of carbonyl (C=O) groups excluding carboxylic acids is 1. The van der Waals surface area contributed by atoms with Gasteiger partial charge >= 0.3 is 0 Å². The van der Waals surface area contributed by atoms with Crippen LogP contribution in [0.15, 0.2) is 84.9 Å². The monoisotopic (exact) mass is 359 g/mol. The average molecular weight is 359 g/mol. The van der Waals surface area contributed by atoms with Crippen molar-refractivity contribution in [2.24, 2.45) is 0 Å². The van der Waals surface area contributed by atoms with E-state index in [0.717, 1.165) is 18.7 Å². The highest BCUT2D eigenvalue weighted by Crippen LogP contribution is 2.13. The lowest BCUT2D eigenvalue weighted by Crippen LogP contribution is -2.26. The molecule has 0 radical (unpaired) electrons. The number of carbonyl (C=O) groups is 1. The van der Waals surface area contributed by atoms with E-state index < -0.39 is 0 Å². The molecule has 27 heavy (non-hydrogen) atoms. The third kappa shape index (κ3) is 5.28. The Morgan fingerprint density at radius 2 is 1.41 bits per heavy atom. The van der Waals surface area contributed by atoms with E-state index in [-0.39, 0.29) is 5.78 Å². The molecule has 3 heteroatoms. The number of anilines is 1. The van der Waals surface area contributed by atoms with Crippen molar-refractivity contribution in [1.29, 1.82) is 0 Å². The summed E-state index contributed by atoms with van der Waals surface area (Å²) in [7, 11) is 0. The molecule has 0 aliphatic heterocycles. The van der Waals surface area contributed by atoms with E-state index >= 15 is 0 Å². The van der Waals surface area contributed by atoms with Crippen LogP contribution in [0.4, 0.5) is 5.69 Å². The van der Waals surface area contributed by atoms with Crippen LogP contribution in [0.2, 0.25) is 0 Å². The Morgan fingerprint density at radius 1 is 0.815 bits per heavy atom. The fourth-order valence-electron chi connectivity index (χ4n) is 2.98. The standard InChI is InChI=1S/C24H25NO2/c1-2-25(23-11-7-4-8-12-23)17-18-27-19-20-13-15-22(16-14-20)24(26)21-9-5-3-6-10-21/h3-16H,2,17-19H2,1H3. The van der Waals surface area contributed by atoms with Crippen LogP contribution >= 0.6 is 0 Å². The number of hydrogen-bond donors (Lipinski definition) is 0. The summed E-state index contributed by atoms with van der Waals surface area (Å²) < 4.78 is 5.83. The summed E-state index contributed by atoms with van der Waals surface area (Å²) in [6, 6.07) is 27.4. The Balaban J connectivity index is 1.48. The first-order valence-corrected chi connectivity index (χ1v) is 9.34. The van der Waals surface area contributed by atoms with E-state index in [4.69, 9.17) is 4.74 Å². The van der Waals surface area contributed by atoms with Crippen LogP contribution in [0.3, 0.4) is 0 Å². The van der Waals surface area contributed by atoms with Crippen molar-refractivity contribution in [2.75, 3.05) is 24.6 Å². The summed E-state index contributed by atoms with van der Waals surface area (Å²) in [5, 5.41) is 0. The van der Waals surface area contributed by atoms with Crippen molar-refractivity contribution in [2.45, 2.75) is 13.5 Å². The Hall–Kier alpha value is -2.91. The van der Waals surface area contributed by atoms with E-state index in [1.807, 2.05) is 60.7 Å². The zero-order valence-corrected chi connectivity index (χ0v) is 15.7. The van der Waals surface area contributed by atoms with Gasteiger partial charge in [-0.3, -0.25) is 4.79 Å². The SMILES string of the molecule is CCN(CCOCc1ccc(C(=O)c2ccccc2)cc1)c1ccccc1. The average Bonchev–Trinajstić information content (AvgIpc) is 2.75. The van der Waals surface area contributed by atoms with Gasteiger partial charge in [0, 0.05) is 29.9 Å². The van der Waals surface area contributed by atoms with Crippen molar-refractivity contribution in [1.82, 2.24) is 0 Å². The van der Waals surface area contributed by atoms with Gasteiger partial charge in [0.25, 0.3) is 0 Å². The normalized spacial score (nSPS) is 10.6. The zero-order chi connectivity index (χ0) is 18.9. The first-order chi connectivity index (χ1) is 13.3. The first-order valence-electron chi connectivity index (χ1n) is 9.34. The number of ketones is 1. The second-order valence-corrected chi connectivity index (χ2v) is 6.36. The number of para-hydroxylation sites is 1. The molecule has 3 rings (SSSR count). The number of rotatable bonds is 9. The second-order valence-electron chi connectivity index (χ2n) is 6.36. The highest BCUT2D eigenvalue weighted by Gasteiger charge is 2.08. The number of nitrogens with zero attached hydrogens (tertiary/aromatic N) is 1. The van der Waals surface area contributed by atoms with Crippen LogP contribution in [-0.2, 0) is 11.3 Å². The van der Waals surface area contributed by atoms with Crippen LogP contribution in [-0.4, -0.2) is 25.5 Å². The number of ether oxygens (including phenoxy) is 1. The summed E-state index contributed by atoms with van der Waals surface area (Å²) in [6.07, 6.45) is 0. The molecular formula is C24H25NO2. The van der Waals surface area contributed by atoms with Gasteiger partial charge in [-0.25, -0.2) is 0 Å². The molecule has 0 N–H and O–H groups in total. The van der Waals surface area contributed by atoms with Crippen molar-refractivity contribution in [3.63, 3.8) is 0 Å². The fourth-order valence-corrected chi connectivity index (χ4v) is 2.98. The molecule has 0 aliphatic rings. The van der Waals surface area contributed by atoms with E-state index in [0.29, 0.717) is 24.3 Å². The van der Waals surface area contributed by atoms with E-state index in [9.17, 15) is 4.79 Å². The third-order valence-electron chi connectivity index (χ3n) is 4.53. The van der Waals surface area contributed by atoms with Gasteiger partial charge in [-0.05, 0) is 24.6 Å². The van der Waals surface area contributed by atoms with Crippen molar-refractivity contribution in [3.05, 3.63) is 102 Å². The Labute approximate surface area is 161 Å². The highest BCUT2D eigenvalue weighted by atomic mass is 16.5. The van der Waals surface area contributed by atoms with Crippen molar-refractivity contribution in [3.8, 4) is 0 Å². The molecule has 0 aliphatic carbocycles. The molecule has 0 amide bonds. The van der Waals surface area contributed by atoms with E-state index in [1.54, 1.807) is 0 Å². The van der Waals surface area contributed by atoms with Crippen LogP contribution < -0.4 is 4.90 Å². The molecule has 3 aromatic carbocycles. The van der Waals surface area contributed by atoms with Crippen LogP contribution in [0.1, 0.15) is 28.4 Å². The summed E-state index contributed by atoms with van der Waals surface area (Å²) in [4.78, 5) is 14.7. The molecule has 0 atom stereocenters. The molecular weight excluding hydrogens is 334 g/mol. The summed E-state index contributed by atoms with van der Waals surface area (Å²) in [6.45, 7) is 5.16. The molecule has 0 spiro atoms. The smallest absolute Gasteiger partial charge is 0.193 e. The minimum atomic E-state index is 0.0458. The van der Waals surface area contributed by atoms with Gasteiger partial charge in [0.1, 0.15) is 0 Å². The maximum absolute atomic E-state index is 12.4. The maximum atomic E-state index is 12.4. The van der Waals surface area contributed by atoms with Gasteiger partial charge in [-0.2, -0.15) is 0 Å². The number of benzene rings is 3. The quantitative estimate of drug-likeness (QED) is 0.399. The van der Waals surface area contributed by atoms with Gasteiger partial charge in [0.2, 0.25) is 0 Å². The van der Waals surface area contributed by atoms with Crippen LogP contribution in [0.5, 0.6) is 0 Å². The number of likely N-dealkylation sites (N-methyl/N-ethyl adjacent to an activating group) is 1. The minimum Gasteiger partial charge on any atom is -0.375 e. The van der Waals surface area contributed by atoms with Gasteiger partial charge in [0.15, 0.2) is 5.78 Å². The molecule has 0 saturated heterocycles. The molecule has 0 heterocycles. The maximum Gasteiger partial charge on any atom is 0.193 e. The zero-order valence-electron chi connectivity index (χ0n) is 15.7. The Kier molecular flexibility index (Phi) is 6.78. The lowest BCUT2D eigenvalue weighted by atomic mass is 10.0. The van der Waals surface area contributed by atoms with Gasteiger partial charge in [0.05, 0.1) is 13.2 Å². The van der Waals surface area contributed by atoms with Gasteiger partial charge < -0.3 is 9.64 Å². The number of hydrogen-bond acceptors (Lipinski definition) is 3. The predicted octanol–water partition coefficient (Wildman–Crippen LogP) is 4.96. The lowest BCUT2D eigenvalue weighted by Gasteiger charge is -2.22. The van der Waals surface area contributed by atoms with Crippen molar-refractivity contribution >= 4 is 11.5 Å². The lowest BCUT2D eigenvalue weighted by molar-refractivity contribution is 0.103. The highest BCUT2D eigenvalue weighted by molar-refractivity contribution is 6.08. The second kappa shape index (κ2) is 9.70. The molecule has 0 bridgehead atoms. The van der Waals surface area contributed by atoms with Crippen LogP contribution in [0, 0.1) is 0 Å². The van der Waals surface area contributed by atoms with E-state index in [1.165, 1.54) is 5.69 Å². The predicted molar refractivity (Wildman–Crippen MR) is 110 cm³/mol. The van der Waals surface area contributed by atoms with Gasteiger partial charge in [-0.15, -0.1) is 0 Å². The fraction of sp³-hybridized carbons (Fsp3) is 0.208. The van der Waals surface area contributed by atoms with Gasteiger partial charge in [-0.1, -0.05) is 72.8 Å². The van der Waals surface area contributed by atoms with Crippen molar-refractivity contribution < 1.29 is 9.53 Å². The van der Waals surface area contributed by atoms with Crippen LogP contribution in [0.25, 0.3) is 0 Å². The molecule has 0 fully saturated rings. The molecule has 138 valence electrons. The molecule has 0 unspecified atom stereocenters. The van der Waals surface area contributed by atoms with E-state index in [2.05, 4.69) is 36.1 Å². The summed E-state index contributed by atoms with van der Waals surface area (Å²) in [5.74, 6) is 0.0458. The summed E-state index contributed by atoms with van der Waals surface area (Å²) >= 11 is 0. The molecule has 3 nitrogen and oxygen atoms in total.